The molecule has 0 amide bonds. The summed E-state index contributed by atoms with van der Waals surface area (Å²) in [6.07, 6.45) is 1.03. The summed E-state index contributed by atoms with van der Waals surface area (Å²) in [6.45, 7) is 4.22. The largest absolute Gasteiger partial charge is 0.383 e. The van der Waals surface area contributed by atoms with E-state index >= 15 is 0 Å². The van der Waals surface area contributed by atoms with E-state index in [4.69, 9.17) is 0 Å². The van der Waals surface area contributed by atoms with E-state index in [1.54, 1.807) is 0 Å². The zero-order valence-electron chi connectivity index (χ0n) is 7.90. The second-order valence-corrected chi connectivity index (χ2v) is 3.65. The maximum atomic E-state index is 10.3. The second kappa shape index (κ2) is 4.02. The number of aliphatic hydroxyl groups is 1. The van der Waals surface area contributed by atoms with Crippen LogP contribution in [0, 0.1) is 10.1 Å². The van der Waals surface area contributed by atoms with E-state index in [1.807, 2.05) is 0 Å². The van der Waals surface area contributed by atoms with Crippen molar-refractivity contribution in [3.05, 3.63) is 10.1 Å². The van der Waals surface area contributed by atoms with Crippen molar-refractivity contribution in [2.75, 3.05) is 26.2 Å². The molecule has 0 aromatic heterocycles. The minimum absolute atomic E-state index is 0.315. The fourth-order valence-corrected chi connectivity index (χ4v) is 1.68. The summed E-state index contributed by atoms with van der Waals surface area (Å²) in [5, 5.41) is 20.0. The lowest BCUT2D eigenvalue weighted by Crippen LogP contribution is -2.48. The summed E-state index contributed by atoms with van der Waals surface area (Å²) >= 11 is 0. The molecule has 5 nitrogen and oxygen atoms in total. The molecule has 0 saturated carbocycles. The molecule has 0 spiro atoms. The molecular weight excluding hydrogens is 172 g/mol. The third-order valence-corrected chi connectivity index (χ3v) is 2.66. The topological polar surface area (TPSA) is 66.6 Å². The van der Waals surface area contributed by atoms with Crippen LogP contribution in [0.3, 0.4) is 0 Å². The van der Waals surface area contributed by atoms with E-state index in [0.29, 0.717) is 12.8 Å². The normalized spacial score (nSPS) is 22.9. The van der Waals surface area contributed by atoms with Crippen molar-refractivity contribution in [1.82, 2.24) is 4.90 Å². The van der Waals surface area contributed by atoms with Gasteiger partial charge in [-0.05, 0) is 19.4 Å². The second-order valence-electron chi connectivity index (χ2n) is 3.65. The van der Waals surface area contributed by atoms with Gasteiger partial charge in [-0.1, -0.05) is 6.92 Å². The van der Waals surface area contributed by atoms with Crippen molar-refractivity contribution >= 4 is 0 Å². The van der Waals surface area contributed by atoms with Gasteiger partial charge in [-0.15, -0.1) is 0 Å². The number of hydrogen-bond acceptors (Lipinski definition) is 4. The van der Waals surface area contributed by atoms with E-state index in [-0.39, 0.29) is 6.54 Å². The monoisotopic (exact) mass is 188 g/mol. The quantitative estimate of drug-likeness (QED) is 0.504. The van der Waals surface area contributed by atoms with E-state index in [1.165, 1.54) is 0 Å². The van der Waals surface area contributed by atoms with Crippen LogP contribution in [0.15, 0.2) is 0 Å². The Balaban J connectivity index is 2.41. The average molecular weight is 188 g/mol. The molecule has 0 atom stereocenters. The highest BCUT2D eigenvalue weighted by Crippen LogP contribution is 2.21. The van der Waals surface area contributed by atoms with Crippen molar-refractivity contribution in [2.45, 2.75) is 25.4 Å². The third-order valence-electron chi connectivity index (χ3n) is 2.66. The van der Waals surface area contributed by atoms with E-state index in [2.05, 4.69) is 11.8 Å². The first-order chi connectivity index (χ1) is 6.06. The third kappa shape index (κ3) is 2.93. The summed E-state index contributed by atoms with van der Waals surface area (Å²) < 4.78 is 0. The predicted molar refractivity (Wildman–Crippen MR) is 48.2 cm³/mol. The maximum Gasteiger partial charge on any atom is 0.232 e. The highest BCUT2D eigenvalue weighted by atomic mass is 16.6. The Hall–Kier alpha value is -0.680. The van der Waals surface area contributed by atoms with Crippen LogP contribution in [0.2, 0.25) is 0 Å². The van der Waals surface area contributed by atoms with Crippen molar-refractivity contribution in [2.24, 2.45) is 0 Å². The number of nitro groups is 1. The van der Waals surface area contributed by atoms with Gasteiger partial charge in [0.1, 0.15) is 5.60 Å². The molecule has 0 aromatic rings. The Morgan fingerprint density at radius 3 is 2.46 bits per heavy atom. The predicted octanol–water partition coefficient (Wildman–Crippen LogP) is 0.110. The van der Waals surface area contributed by atoms with Gasteiger partial charge in [-0.2, -0.15) is 0 Å². The molecule has 1 fully saturated rings. The smallest absolute Gasteiger partial charge is 0.232 e. The SMILES string of the molecule is CCN1CCC(O)(C[N+](=O)[O-])CC1. The Labute approximate surface area is 77.5 Å². The molecule has 0 radical (unpaired) electrons. The van der Waals surface area contributed by atoms with Gasteiger partial charge in [0.15, 0.2) is 0 Å². The van der Waals surface area contributed by atoms with Crippen LogP contribution in [0.25, 0.3) is 0 Å². The maximum absolute atomic E-state index is 10.3. The van der Waals surface area contributed by atoms with Gasteiger partial charge in [0.2, 0.25) is 6.54 Å². The van der Waals surface area contributed by atoms with Crippen LogP contribution in [-0.2, 0) is 0 Å². The van der Waals surface area contributed by atoms with Gasteiger partial charge in [-0.3, -0.25) is 10.1 Å². The molecule has 1 rings (SSSR count). The Bertz CT molecular complexity index is 188. The summed E-state index contributed by atoms with van der Waals surface area (Å²) in [7, 11) is 0. The first kappa shape index (κ1) is 10.4. The number of likely N-dealkylation sites (tertiary alicyclic amines) is 1. The fraction of sp³-hybridized carbons (Fsp3) is 1.00. The molecule has 1 N–H and O–H groups in total. The highest BCUT2D eigenvalue weighted by molar-refractivity contribution is 4.84. The number of nitrogens with zero attached hydrogens (tertiary/aromatic N) is 2. The minimum Gasteiger partial charge on any atom is -0.383 e. The average Bonchev–Trinajstić information content (AvgIpc) is 2.04. The molecule has 13 heavy (non-hydrogen) atoms. The van der Waals surface area contributed by atoms with Crippen LogP contribution in [-0.4, -0.2) is 46.7 Å². The molecule has 0 aromatic carbocycles. The minimum atomic E-state index is -1.06. The summed E-state index contributed by atoms with van der Waals surface area (Å²) in [6, 6.07) is 0. The summed E-state index contributed by atoms with van der Waals surface area (Å²) in [5.41, 5.74) is -1.06. The van der Waals surface area contributed by atoms with Gasteiger partial charge in [0.05, 0.1) is 0 Å². The van der Waals surface area contributed by atoms with Crippen LogP contribution in [0.5, 0.6) is 0 Å². The number of piperidine rings is 1. The van der Waals surface area contributed by atoms with Crippen molar-refractivity contribution in [1.29, 1.82) is 0 Å². The highest BCUT2D eigenvalue weighted by Gasteiger charge is 2.36. The molecule has 1 aliphatic heterocycles. The van der Waals surface area contributed by atoms with E-state index in [0.717, 1.165) is 19.6 Å². The fourth-order valence-electron chi connectivity index (χ4n) is 1.68. The van der Waals surface area contributed by atoms with E-state index in [9.17, 15) is 15.2 Å². The van der Waals surface area contributed by atoms with Gasteiger partial charge >= 0.3 is 0 Å². The number of rotatable bonds is 3. The Kier molecular flexibility index (Phi) is 3.22. The lowest BCUT2D eigenvalue weighted by Gasteiger charge is -2.34. The molecule has 1 aliphatic rings. The molecule has 1 heterocycles. The van der Waals surface area contributed by atoms with Crippen molar-refractivity contribution in [3.8, 4) is 0 Å². The van der Waals surface area contributed by atoms with Gasteiger partial charge in [-0.25, -0.2) is 0 Å². The first-order valence-electron chi connectivity index (χ1n) is 4.62. The van der Waals surface area contributed by atoms with Crippen molar-refractivity contribution < 1.29 is 10.0 Å². The molecular formula is C8H16N2O3. The van der Waals surface area contributed by atoms with Crippen LogP contribution < -0.4 is 0 Å². The molecule has 0 unspecified atom stereocenters. The summed E-state index contributed by atoms with van der Waals surface area (Å²) in [5.74, 6) is 0. The van der Waals surface area contributed by atoms with Gasteiger partial charge in [0.25, 0.3) is 0 Å². The zero-order valence-corrected chi connectivity index (χ0v) is 7.90. The van der Waals surface area contributed by atoms with Crippen molar-refractivity contribution in [3.63, 3.8) is 0 Å². The Morgan fingerprint density at radius 1 is 1.54 bits per heavy atom. The van der Waals surface area contributed by atoms with Gasteiger partial charge < -0.3 is 10.0 Å². The molecule has 0 bridgehead atoms. The Morgan fingerprint density at radius 2 is 2.08 bits per heavy atom. The molecule has 76 valence electrons. The van der Waals surface area contributed by atoms with Crippen LogP contribution >= 0.6 is 0 Å². The lowest BCUT2D eigenvalue weighted by atomic mass is 9.91. The first-order valence-corrected chi connectivity index (χ1v) is 4.62. The van der Waals surface area contributed by atoms with Crippen LogP contribution in [0.1, 0.15) is 19.8 Å². The molecule has 1 saturated heterocycles. The standard InChI is InChI=1S/C8H16N2O3/c1-2-9-5-3-8(11,4-6-9)7-10(12)13/h11H,2-7H2,1H3. The number of hydrogen-bond donors (Lipinski definition) is 1. The molecule has 0 aliphatic carbocycles. The summed E-state index contributed by atoms with van der Waals surface area (Å²) in [4.78, 5) is 12.0. The van der Waals surface area contributed by atoms with E-state index < -0.39 is 10.5 Å². The van der Waals surface area contributed by atoms with Gasteiger partial charge in [0, 0.05) is 18.0 Å². The zero-order chi connectivity index (χ0) is 9.90. The lowest BCUT2D eigenvalue weighted by molar-refractivity contribution is -0.502. The molecule has 5 heteroatoms. The van der Waals surface area contributed by atoms with Crippen LogP contribution in [0.4, 0.5) is 0 Å².